The van der Waals surface area contributed by atoms with Crippen molar-refractivity contribution in [3.05, 3.63) is 17.8 Å². The summed E-state index contributed by atoms with van der Waals surface area (Å²) >= 11 is 0. The first-order valence-electron chi connectivity index (χ1n) is 4.12. The van der Waals surface area contributed by atoms with Gasteiger partial charge in [0.2, 0.25) is 0 Å². The summed E-state index contributed by atoms with van der Waals surface area (Å²) < 4.78 is 36.8. The average Bonchev–Trinajstić information content (AvgIpc) is 2.15. The SMILES string of the molecule is Nc1ncc(C(F)(F)F)cc1NCCO. The quantitative estimate of drug-likeness (QED) is 0.714. The van der Waals surface area contributed by atoms with Crippen LogP contribution >= 0.6 is 0 Å². The Labute approximate surface area is 83.9 Å². The highest BCUT2D eigenvalue weighted by molar-refractivity contribution is 5.62. The van der Waals surface area contributed by atoms with Gasteiger partial charge in [-0.05, 0) is 6.07 Å². The molecular weight excluding hydrogens is 211 g/mol. The number of hydrogen-bond donors (Lipinski definition) is 3. The average molecular weight is 221 g/mol. The highest BCUT2D eigenvalue weighted by Gasteiger charge is 2.31. The van der Waals surface area contributed by atoms with Gasteiger partial charge in [-0.1, -0.05) is 0 Å². The summed E-state index contributed by atoms with van der Waals surface area (Å²) in [7, 11) is 0. The smallest absolute Gasteiger partial charge is 0.395 e. The number of rotatable bonds is 3. The number of alkyl halides is 3. The van der Waals surface area contributed by atoms with E-state index in [1.165, 1.54) is 0 Å². The first-order valence-corrected chi connectivity index (χ1v) is 4.12. The number of nitrogens with one attached hydrogen (secondary N) is 1. The summed E-state index contributed by atoms with van der Waals surface area (Å²) in [6, 6.07) is 0.859. The second kappa shape index (κ2) is 4.35. The molecule has 1 heterocycles. The van der Waals surface area contributed by atoms with Crippen molar-refractivity contribution in [2.75, 3.05) is 24.2 Å². The molecule has 0 radical (unpaired) electrons. The Hall–Kier alpha value is -1.50. The lowest BCUT2D eigenvalue weighted by molar-refractivity contribution is -0.137. The van der Waals surface area contributed by atoms with Gasteiger partial charge in [-0.25, -0.2) is 4.98 Å². The summed E-state index contributed by atoms with van der Waals surface area (Å²) in [5, 5.41) is 11.0. The van der Waals surface area contributed by atoms with Gasteiger partial charge in [-0.15, -0.1) is 0 Å². The molecule has 0 saturated heterocycles. The van der Waals surface area contributed by atoms with Crippen LogP contribution in [0, 0.1) is 0 Å². The fourth-order valence-electron chi connectivity index (χ4n) is 0.963. The van der Waals surface area contributed by atoms with Crippen LogP contribution in [0.3, 0.4) is 0 Å². The van der Waals surface area contributed by atoms with Crippen molar-refractivity contribution >= 4 is 11.5 Å². The van der Waals surface area contributed by atoms with Gasteiger partial charge in [0.1, 0.15) is 5.82 Å². The third kappa shape index (κ3) is 2.98. The summed E-state index contributed by atoms with van der Waals surface area (Å²) in [6.07, 6.45) is -3.78. The number of aliphatic hydroxyl groups is 1. The van der Waals surface area contributed by atoms with Crippen molar-refractivity contribution in [1.82, 2.24) is 4.98 Å². The molecule has 4 N–H and O–H groups in total. The van der Waals surface area contributed by atoms with Crippen LogP contribution in [0.15, 0.2) is 12.3 Å². The van der Waals surface area contributed by atoms with Gasteiger partial charge >= 0.3 is 6.18 Å². The molecule has 0 unspecified atom stereocenters. The van der Waals surface area contributed by atoms with Gasteiger partial charge in [-0.3, -0.25) is 0 Å². The van der Waals surface area contributed by atoms with Gasteiger partial charge in [0.15, 0.2) is 0 Å². The van der Waals surface area contributed by atoms with E-state index in [1.807, 2.05) is 0 Å². The van der Waals surface area contributed by atoms with Crippen LogP contribution in [0.4, 0.5) is 24.7 Å². The minimum Gasteiger partial charge on any atom is -0.395 e. The standard InChI is InChI=1S/C8H10F3N3O/c9-8(10,11)5-3-6(13-1-2-15)7(12)14-4-5/h3-4,13,15H,1-2H2,(H2,12,14). The van der Waals surface area contributed by atoms with Crippen molar-refractivity contribution in [2.45, 2.75) is 6.18 Å². The lowest BCUT2D eigenvalue weighted by Crippen LogP contribution is -2.12. The molecule has 0 amide bonds. The lowest BCUT2D eigenvalue weighted by Gasteiger charge is -2.11. The van der Waals surface area contributed by atoms with Crippen molar-refractivity contribution in [3.8, 4) is 0 Å². The van der Waals surface area contributed by atoms with Gasteiger partial charge in [0, 0.05) is 12.7 Å². The molecule has 0 bridgehead atoms. The van der Waals surface area contributed by atoms with E-state index < -0.39 is 11.7 Å². The zero-order valence-corrected chi connectivity index (χ0v) is 7.67. The second-order valence-corrected chi connectivity index (χ2v) is 2.80. The van der Waals surface area contributed by atoms with Crippen LogP contribution in [-0.4, -0.2) is 23.2 Å². The Morgan fingerprint density at radius 2 is 2.13 bits per heavy atom. The lowest BCUT2D eigenvalue weighted by atomic mass is 10.2. The topological polar surface area (TPSA) is 71.2 Å². The summed E-state index contributed by atoms with van der Waals surface area (Å²) in [5.41, 5.74) is 4.54. The summed E-state index contributed by atoms with van der Waals surface area (Å²) in [6.45, 7) is -0.0805. The first kappa shape index (κ1) is 11.6. The third-order valence-corrected chi connectivity index (χ3v) is 1.67. The summed E-state index contributed by atoms with van der Waals surface area (Å²) in [4.78, 5) is 3.41. The van der Waals surface area contributed by atoms with Crippen LogP contribution in [0.25, 0.3) is 0 Å². The normalized spacial score (nSPS) is 11.5. The minimum absolute atomic E-state index is 0.0311. The van der Waals surface area contributed by atoms with Gasteiger partial charge in [0.05, 0.1) is 17.9 Å². The Kier molecular flexibility index (Phi) is 3.35. The van der Waals surface area contributed by atoms with E-state index in [0.29, 0.717) is 6.20 Å². The number of nitrogen functional groups attached to an aromatic ring is 1. The van der Waals surface area contributed by atoms with E-state index in [9.17, 15) is 13.2 Å². The fraction of sp³-hybridized carbons (Fsp3) is 0.375. The highest BCUT2D eigenvalue weighted by Crippen LogP contribution is 2.31. The monoisotopic (exact) mass is 221 g/mol. The molecule has 7 heteroatoms. The molecule has 84 valence electrons. The maximum atomic E-state index is 12.3. The van der Waals surface area contributed by atoms with Crippen molar-refractivity contribution in [3.63, 3.8) is 0 Å². The number of pyridine rings is 1. The molecule has 15 heavy (non-hydrogen) atoms. The van der Waals surface area contributed by atoms with Crippen LogP contribution < -0.4 is 11.1 Å². The Balaban J connectivity index is 2.95. The zero-order valence-electron chi connectivity index (χ0n) is 7.67. The number of halogens is 3. The van der Waals surface area contributed by atoms with Gasteiger partial charge in [-0.2, -0.15) is 13.2 Å². The zero-order chi connectivity index (χ0) is 11.5. The van der Waals surface area contributed by atoms with Gasteiger partial charge in [0.25, 0.3) is 0 Å². The predicted octanol–water partition coefficient (Wildman–Crippen LogP) is 1.09. The van der Waals surface area contributed by atoms with Crippen LogP contribution in [-0.2, 0) is 6.18 Å². The van der Waals surface area contributed by atoms with E-state index in [0.717, 1.165) is 6.07 Å². The Morgan fingerprint density at radius 3 is 2.67 bits per heavy atom. The van der Waals surface area contributed by atoms with Crippen molar-refractivity contribution < 1.29 is 18.3 Å². The number of nitrogens with two attached hydrogens (primary N) is 1. The van der Waals surface area contributed by atoms with E-state index in [4.69, 9.17) is 10.8 Å². The fourth-order valence-corrected chi connectivity index (χ4v) is 0.963. The van der Waals surface area contributed by atoms with Crippen molar-refractivity contribution in [2.24, 2.45) is 0 Å². The molecule has 0 atom stereocenters. The van der Waals surface area contributed by atoms with Gasteiger partial charge < -0.3 is 16.2 Å². The first-order chi connectivity index (χ1) is 6.95. The molecule has 0 aliphatic carbocycles. The number of anilines is 2. The molecule has 0 aliphatic rings. The van der Waals surface area contributed by atoms with Crippen molar-refractivity contribution in [1.29, 1.82) is 0 Å². The number of aromatic nitrogens is 1. The minimum atomic E-state index is -4.45. The molecule has 0 aromatic carbocycles. The molecule has 0 aliphatic heterocycles. The maximum Gasteiger partial charge on any atom is 0.417 e. The largest absolute Gasteiger partial charge is 0.417 e. The number of aliphatic hydroxyl groups excluding tert-OH is 1. The summed E-state index contributed by atoms with van der Waals surface area (Å²) in [5.74, 6) is -0.0311. The molecule has 0 saturated carbocycles. The highest BCUT2D eigenvalue weighted by atomic mass is 19.4. The molecule has 0 spiro atoms. The van der Waals surface area contributed by atoms with E-state index in [-0.39, 0.29) is 24.7 Å². The van der Waals surface area contributed by atoms with Crippen LogP contribution in [0.5, 0.6) is 0 Å². The Bertz CT molecular complexity index is 340. The molecule has 1 aromatic heterocycles. The van der Waals surface area contributed by atoms with E-state index in [2.05, 4.69) is 10.3 Å². The molecule has 1 aromatic rings. The molecular formula is C8H10F3N3O. The maximum absolute atomic E-state index is 12.3. The van der Waals surface area contributed by atoms with Crippen LogP contribution in [0.2, 0.25) is 0 Å². The molecule has 1 rings (SSSR count). The number of nitrogens with zero attached hydrogens (tertiary/aromatic N) is 1. The van der Waals surface area contributed by atoms with E-state index in [1.54, 1.807) is 0 Å². The number of hydrogen-bond acceptors (Lipinski definition) is 4. The van der Waals surface area contributed by atoms with Crippen LogP contribution in [0.1, 0.15) is 5.56 Å². The molecule has 4 nitrogen and oxygen atoms in total. The second-order valence-electron chi connectivity index (χ2n) is 2.80. The Morgan fingerprint density at radius 1 is 1.47 bits per heavy atom. The molecule has 0 fully saturated rings. The predicted molar refractivity (Wildman–Crippen MR) is 49.2 cm³/mol. The third-order valence-electron chi connectivity index (χ3n) is 1.67. The van der Waals surface area contributed by atoms with E-state index >= 15 is 0 Å².